The van der Waals surface area contributed by atoms with Crippen molar-refractivity contribution in [3.05, 3.63) is 90.8 Å². The molecule has 0 radical (unpaired) electrons. The molecule has 2 heterocycles. The van der Waals surface area contributed by atoms with Crippen molar-refractivity contribution in [3.63, 3.8) is 0 Å². The second-order valence-electron chi connectivity index (χ2n) is 11.0. The summed E-state index contributed by atoms with van der Waals surface area (Å²) in [4.78, 5) is 32.7. The van der Waals surface area contributed by atoms with E-state index >= 15 is 0 Å². The predicted octanol–water partition coefficient (Wildman–Crippen LogP) is 7.49. The van der Waals surface area contributed by atoms with Crippen molar-refractivity contribution in [1.82, 2.24) is 20.6 Å². The first kappa shape index (κ1) is 31.9. The second-order valence-corrected chi connectivity index (χ2v) is 13.3. The van der Waals surface area contributed by atoms with Crippen molar-refractivity contribution in [3.8, 4) is 0 Å². The van der Waals surface area contributed by atoms with E-state index in [0.29, 0.717) is 11.4 Å². The van der Waals surface area contributed by atoms with E-state index in [1.165, 1.54) is 0 Å². The molecule has 0 atom stereocenters. The fraction of sp³-hybridized carbons (Fsp3) is 0.379. The number of nitrogens with one attached hydrogen (secondary N) is 2. The Morgan fingerprint density at radius 2 is 1.34 bits per heavy atom. The van der Waals surface area contributed by atoms with E-state index in [1.54, 1.807) is 12.4 Å². The lowest BCUT2D eigenvalue weighted by Crippen LogP contribution is -2.41. The van der Waals surface area contributed by atoms with Gasteiger partial charge in [-0.05, 0) is 134 Å². The molecule has 0 spiro atoms. The number of rotatable bonds is 5. The van der Waals surface area contributed by atoms with Gasteiger partial charge in [0.05, 0.1) is 0 Å². The summed E-state index contributed by atoms with van der Waals surface area (Å²) in [6.07, 6.45) is 4.80. The molecule has 2 N–H and O–H groups in total. The van der Waals surface area contributed by atoms with Crippen LogP contribution in [0.2, 0.25) is 5.02 Å². The van der Waals surface area contributed by atoms with Gasteiger partial charge in [-0.25, -0.2) is 9.97 Å². The van der Waals surface area contributed by atoms with Crippen LogP contribution in [0.5, 0.6) is 0 Å². The fourth-order valence-electron chi connectivity index (χ4n) is 3.43. The number of hydrogen-bond acceptors (Lipinski definition) is 4. The molecule has 1 aromatic carbocycles. The molecule has 2 amide bonds. The zero-order chi connectivity index (χ0) is 28.7. The highest BCUT2D eigenvalue weighted by Crippen LogP contribution is 2.19. The number of hydrogen-bond donors (Lipinski definition) is 2. The molecular formula is C29H35Br2ClN4O2. The number of aryl methyl sites for hydroxylation is 3. The van der Waals surface area contributed by atoms with E-state index in [4.69, 9.17) is 11.6 Å². The molecule has 0 aliphatic heterocycles. The molecule has 0 aliphatic carbocycles. The van der Waals surface area contributed by atoms with Gasteiger partial charge in [-0.15, -0.1) is 0 Å². The predicted molar refractivity (Wildman–Crippen MR) is 162 cm³/mol. The first-order valence-corrected chi connectivity index (χ1v) is 14.2. The van der Waals surface area contributed by atoms with Gasteiger partial charge in [-0.3, -0.25) is 9.59 Å². The molecular weight excluding hydrogens is 632 g/mol. The van der Waals surface area contributed by atoms with Crippen molar-refractivity contribution in [2.75, 3.05) is 0 Å². The molecule has 6 nitrogen and oxygen atoms in total. The number of nitrogens with zero attached hydrogens (tertiary/aromatic N) is 2. The van der Waals surface area contributed by atoms with Crippen LogP contribution in [-0.4, -0.2) is 32.9 Å². The minimum atomic E-state index is -0.296. The van der Waals surface area contributed by atoms with Crippen LogP contribution in [0.25, 0.3) is 0 Å². The van der Waals surface area contributed by atoms with E-state index in [2.05, 4.69) is 52.5 Å². The number of halogens is 3. The molecule has 0 saturated carbocycles. The third-order valence-corrected chi connectivity index (χ3v) is 6.06. The summed E-state index contributed by atoms with van der Waals surface area (Å²) in [6.45, 7) is 13.6. The summed E-state index contributed by atoms with van der Waals surface area (Å²) < 4.78 is 1.75. The molecule has 0 saturated heterocycles. The Labute approximate surface area is 247 Å². The summed E-state index contributed by atoms with van der Waals surface area (Å²) in [5.41, 5.74) is 3.35. The molecule has 0 unspecified atom stereocenters. The lowest BCUT2D eigenvalue weighted by molar-refractivity contribution is 0.0904. The van der Waals surface area contributed by atoms with Crippen molar-refractivity contribution in [2.24, 2.45) is 0 Å². The van der Waals surface area contributed by atoms with E-state index in [0.717, 1.165) is 43.5 Å². The number of benzene rings is 1. The SMILES string of the molecule is CC(C)(C)NC(=O)c1ncc(Br)cc1CCc1cccc(Cl)c1.Cc1cc(Br)cnc1C(=O)NC(C)(C)C. The zero-order valence-electron chi connectivity index (χ0n) is 22.9. The fourth-order valence-corrected chi connectivity index (χ4v) is 4.46. The Morgan fingerprint density at radius 3 is 1.87 bits per heavy atom. The molecule has 3 rings (SSSR count). The van der Waals surface area contributed by atoms with Gasteiger partial charge >= 0.3 is 0 Å². The number of amides is 2. The monoisotopic (exact) mass is 664 g/mol. The van der Waals surface area contributed by atoms with E-state index in [1.807, 2.05) is 84.9 Å². The van der Waals surface area contributed by atoms with Crippen LogP contribution in [0.15, 0.2) is 57.7 Å². The van der Waals surface area contributed by atoms with Crippen LogP contribution < -0.4 is 10.6 Å². The Bertz CT molecular complexity index is 1280. The smallest absolute Gasteiger partial charge is 0.270 e. The van der Waals surface area contributed by atoms with Gasteiger partial charge in [0.15, 0.2) is 0 Å². The van der Waals surface area contributed by atoms with Gasteiger partial charge in [0, 0.05) is 37.4 Å². The molecule has 2 aromatic heterocycles. The van der Waals surface area contributed by atoms with Gasteiger partial charge in [0.25, 0.3) is 11.8 Å². The van der Waals surface area contributed by atoms with Gasteiger partial charge in [-0.2, -0.15) is 0 Å². The highest BCUT2D eigenvalue weighted by atomic mass is 79.9. The normalized spacial score (nSPS) is 11.3. The Hall–Kier alpha value is -2.29. The third kappa shape index (κ3) is 11.2. The lowest BCUT2D eigenvalue weighted by atomic mass is 10.0. The van der Waals surface area contributed by atoms with Crippen LogP contribution in [0, 0.1) is 6.92 Å². The first-order valence-electron chi connectivity index (χ1n) is 12.2. The molecule has 0 aliphatic rings. The topological polar surface area (TPSA) is 84.0 Å². The largest absolute Gasteiger partial charge is 0.346 e. The van der Waals surface area contributed by atoms with Crippen molar-refractivity contribution < 1.29 is 9.59 Å². The van der Waals surface area contributed by atoms with Crippen molar-refractivity contribution >= 4 is 55.3 Å². The Balaban J connectivity index is 0.000000293. The zero-order valence-corrected chi connectivity index (χ0v) is 26.8. The third-order valence-electron chi connectivity index (χ3n) is 4.96. The average Bonchev–Trinajstić information content (AvgIpc) is 2.75. The number of aromatic nitrogens is 2. The standard InChI is InChI=1S/C18H20BrClN2O.C11H15BrN2O/c1-18(2,3)22-17(23)16-13(10-14(19)11-21-16)8-7-12-5-4-6-15(20)9-12;1-7-5-8(12)6-13-9(7)10(15)14-11(2,3)4/h4-6,9-11H,7-8H2,1-3H3,(H,22,23);5-6H,1-4H3,(H,14,15). The summed E-state index contributed by atoms with van der Waals surface area (Å²) in [5.74, 6) is -0.279. The van der Waals surface area contributed by atoms with Gasteiger partial charge in [0.1, 0.15) is 11.4 Å². The van der Waals surface area contributed by atoms with Crippen LogP contribution in [0.3, 0.4) is 0 Å². The Kier molecular flexibility index (Phi) is 11.5. The van der Waals surface area contributed by atoms with Crippen LogP contribution in [0.1, 0.15) is 79.2 Å². The summed E-state index contributed by atoms with van der Waals surface area (Å²) >= 11 is 12.8. The summed E-state index contributed by atoms with van der Waals surface area (Å²) in [7, 11) is 0. The van der Waals surface area contributed by atoms with Crippen molar-refractivity contribution in [2.45, 2.75) is 72.4 Å². The van der Waals surface area contributed by atoms with Crippen LogP contribution in [-0.2, 0) is 12.8 Å². The summed E-state index contributed by atoms with van der Waals surface area (Å²) in [6, 6.07) is 11.6. The molecule has 204 valence electrons. The van der Waals surface area contributed by atoms with Gasteiger partial charge in [-0.1, -0.05) is 23.7 Å². The lowest BCUT2D eigenvalue weighted by Gasteiger charge is -2.21. The highest BCUT2D eigenvalue weighted by Gasteiger charge is 2.20. The maximum atomic E-state index is 12.4. The van der Waals surface area contributed by atoms with Gasteiger partial charge in [0.2, 0.25) is 0 Å². The van der Waals surface area contributed by atoms with E-state index in [9.17, 15) is 9.59 Å². The molecule has 38 heavy (non-hydrogen) atoms. The average molecular weight is 667 g/mol. The summed E-state index contributed by atoms with van der Waals surface area (Å²) in [5, 5.41) is 6.57. The highest BCUT2D eigenvalue weighted by molar-refractivity contribution is 9.10. The van der Waals surface area contributed by atoms with Crippen molar-refractivity contribution in [1.29, 1.82) is 0 Å². The maximum absolute atomic E-state index is 12.4. The molecule has 9 heteroatoms. The molecule has 0 fully saturated rings. The number of pyridine rings is 2. The van der Waals surface area contributed by atoms with Gasteiger partial charge < -0.3 is 10.6 Å². The number of carbonyl (C=O) groups excluding carboxylic acids is 2. The molecule has 0 bridgehead atoms. The minimum Gasteiger partial charge on any atom is -0.346 e. The molecule has 3 aromatic rings. The van der Waals surface area contributed by atoms with Crippen LogP contribution >= 0.6 is 43.5 Å². The Morgan fingerprint density at radius 1 is 0.816 bits per heavy atom. The quantitative estimate of drug-likeness (QED) is 0.296. The number of carbonyl (C=O) groups is 2. The second kappa shape index (κ2) is 13.7. The van der Waals surface area contributed by atoms with E-state index in [-0.39, 0.29) is 22.9 Å². The van der Waals surface area contributed by atoms with Crippen LogP contribution in [0.4, 0.5) is 0 Å². The first-order chi connectivity index (χ1) is 17.5. The maximum Gasteiger partial charge on any atom is 0.270 e. The van der Waals surface area contributed by atoms with E-state index < -0.39 is 0 Å². The minimum absolute atomic E-state index is 0.132.